The van der Waals surface area contributed by atoms with Crippen LogP contribution in [0.5, 0.6) is 5.75 Å². The molecule has 0 atom stereocenters. The lowest BCUT2D eigenvalue weighted by atomic mass is 10.2. The molecule has 0 aliphatic rings. The highest BCUT2D eigenvalue weighted by molar-refractivity contribution is 5.79. The third-order valence-corrected chi connectivity index (χ3v) is 3.71. The summed E-state index contributed by atoms with van der Waals surface area (Å²) in [4.78, 5) is 16.1. The number of nitrogens with one attached hydrogen (secondary N) is 3. The lowest BCUT2D eigenvalue weighted by molar-refractivity contribution is -0.122. The van der Waals surface area contributed by atoms with E-state index in [0.717, 1.165) is 18.1 Å². The smallest absolute Gasteiger partial charge is 0.257 e. The largest absolute Gasteiger partial charge is 0.484 e. The van der Waals surface area contributed by atoms with E-state index in [0.29, 0.717) is 25.4 Å². The third kappa shape index (κ3) is 7.81. The highest BCUT2D eigenvalue weighted by Crippen LogP contribution is 2.14. The van der Waals surface area contributed by atoms with Crippen molar-refractivity contribution in [3.63, 3.8) is 0 Å². The summed E-state index contributed by atoms with van der Waals surface area (Å²) in [6, 6.07) is 17.8. The summed E-state index contributed by atoms with van der Waals surface area (Å²) in [7, 11) is 0. The van der Waals surface area contributed by atoms with Crippen molar-refractivity contribution in [3.05, 3.63) is 65.7 Å². The Balaban J connectivity index is 1.92. The fraction of sp³-hybridized carbons (Fsp3) is 0.333. The number of amides is 1. The Morgan fingerprint density at radius 3 is 2.41 bits per heavy atom. The average Bonchev–Trinajstić information content (AvgIpc) is 2.70. The number of likely N-dealkylation sites (N-methyl/N-ethyl adjacent to an activating group) is 1. The van der Waals surface area contributed by atoms with Crippen LogP contribution in [-0.4, -0.2) is 31.6 Å². The van der Waals surface area contributed by atoms with Gasteiger partial charge in [0.25, 0.3) is 5.91 Å². The molecule has 0 spiro atoms. The maximum atomic E-state index is 11.5. The van der Waals surface area contributed by atoms with Crippen LogP contribution in [0.25, 0.3) is 0 Å². The molecule has 0 heterocycles. The van der Waals surface area contributed by atoms with E-state index in [-0.39, 0.29) is 12.5 Å². The Morgan fingerprint density at radius 2 is 1.67 bits per heavy atom. The van der Waals surface area contributed by atoms with E-state index in [2.05, 4.69) is 33.1 Å². The maximum absolute atomic E-state index is 11.5. The van der Waals surface area contributed by atoms with Gasteiger partial charge in [0.2, 0.25) is 0 Å². The van der Waals surface area contributed by atoms with Crippen LogP contribution < -0.4 is 20.7 Å². The lowest BCUT2D eigenvalue weighted by Crippen LogP contribution is -2.36. The van der Waals surface area contributed by atoms with Crippen molar-refractivity contribution in [2.45, 2.75) is 26.9 Å². The first-order valence-electron chi connectivity index (χ1n) is 9.25. The van der Waals surface area contributed by atoms with Crippen LogP contribution in [0.3, 0.4) is 0 Å². The zero-order valence-electron chi connectivity index (χ0n) is 16.0. The van der Waals surface area contributed by atoms with Gasteiger partial charge in [-0.3, -0.25) is 4.79 Å². The van der Waals surface area contributed by atoms with E-state index in [1.165, 1.54) is 5.56 Å². The summed E-state index contributed by atoms with van der Waals surface area (Å²) in [6.07, 6.45) is 0. The molecule has 1 amide bonds. The van der Waals surface area contributed by atoms with E-state index >= 15 is 0 Å². The minimum atomic E-state index is -0.125. The first-order chi connectivity index (χ1) is 13.2. The SMILES string of the molecule is CCNC(=O)COc1cccc(CN=C(NCC)NCc2ccccc2)c1. The summed E-state index contributed by atoms with van der Waals surface area (Å²) < 4.78 is 5.53. The molecule has 6 heteroatoms. The first kappa shape index (κ1) is 20.3. The molecular formula is C21H28N4O2. The molecule has 2 aromatic rings. The van der Waals surface area contributed by atoms with Gasteiger partial charge in [-0.05, 0) is 37.1 Å². The Morgan fingerprint density at radius 1 is 0.926 bits per heavy atom. The minimum absolute atomic E-state index is 0.0157. The zero-order valence-corrected chi connectivity index (χ0v) is 16.0. The van der Waals surface area contributed by atoms with Gasteiger partial charge in [0.05, 0.1) is 6.54 Å². The number of carbonyl (C=O) groups excluding carboxylic acids is 1. The summed E-state index contributed by atoms with van der Waals surface area (Å²) in [6.45, 7) is 6.54. The van der Waals surface area contributed by atoms with Gasteiger partial charge in [-0.15, -0.1) is 0 Å². The molecule has 0 fully saturated rings. The van der Waals surface area contributed by atoms with Gasteiger partial charge in [0.15, 0.2) is 12.6 Å². The molecule has 0 saturated heterocycles. The molecule has 0 aromatic heterocycles. The second-order valence-corrected chi connectivity index (χ2v) is 5.92. The van der Waals surface area contributed by atoms with Crippen LogP contribution in [0.2, 0.25) is 0 Å². The number of hydrogen-bond donors (Lipinski definition) is 3. The van der Waals surface area contributed by atoms with Crippen LogP contribution >= 0.6 is 0 Å². The Kier molecular flexibility index (Phi) is 8.69. The van der Waals surface area contributed by atoms with Crippen molar-refractivity contribution >= 4 is 11.9 Å². The second-order valence-electron chi connectivity index (χ2n) is 5.92. The van der Waals surface area contributed by atoms with Crippen molar-refractivity contribution in [1.82, 2.24) is 16.0 Å². The highest BCUT2D eigenvalue weighted by atomic mass is 16.5. The number of benzene rings is 2. The minimum Gasteiger partial charge on any atom is -0.484 e. The van der Waals surface area contributed by atoms with E-state index in [1.807, 2.05) is 56.3 Å². The molecule has 0 saturated carbocycles. The van der Waals surface area contributed by atoms with E-state index in [9.17, 15) is 4.79 Å². The Bertz CT molecular complexity index is 732. The zero-order chi connectivity index (χ0) is 19.3. The van der Waals surface area contributed by atoms with Crippen molar-refractivity contribution in [2.24, 2.45) is 4.99 Å². The highest BCUT2D eigenvalue weighted by Gasteiger charge is 2.03. The van der Waals surface area contributed by atoms with Crippen molar-refractivity contribution in [3.8, 4) is 5.75 Å². The summed E-state index contributed by atoms with van der Waals surface area (Å²) >= 11 is 0. The number of guanidine groups is 1. The van der Waals surface area contributed by atoms with Crippen LogP contribution in [0.1, 0.15) is 25.0 Å². The molecule has 6 nitrogen and oxygen atoms in total. The topological polar surface area (TPSA) is 74.8 Å². The molecule has 0 bridgehead atoms. The molecule has 2 rings (SSSR count). The molecule has 0 aliphatic heterocycles. The predicted octanol–water partition coefficient (Wildman–Crippen LogP) is 2.46. The molecule has 2 aromatic carbocycles. The van der Waals surface area contributed by atoms with Crippen LogP contribution in [0.15, 0.2) is 59.6 Å². The van der Waals surface area contributed by atoms with E-state index in [1.54, 1.807) is 0 Å². The molecule has 0 radical (unpaired) electrons. The summed E-state index contributed by atoms with van der Waals surface area (Å²) in [5.41, 5.74) is 2.21. The molecular weight excluding hydrogens is 340 g/mol. The number of rotatable bonds is 9. The molecule has 0 aliphatic carbocycles. The van der Waals surface area contributed by atoms with Crippen LogP contribution in [0, 0.1) is 0 Å². The molecule has 0 unspecified atom stereocenters. The standard InChI is InChI=1S/C21H28N4O2/c1-3-22-20(26)16-27-19-12-8-11-18(13-19)15-25-21(23-4-2)24-14-17-9-6-5-7-10-17/h5-13H,3-4,14-16H2,1-2H3,(H,22,26)(H2,23,24,25). The van der Waals surface area contributed by atoms with Crippen molar-refractivity contribution in [2.75, 3.05) is 19.7 Å². The fourth-order valence-corrected chi connectivity index (χ4v) is 2.42. The quantitative estimate of drug-likeness (QED) is 0.469. The number of aliphatic imine (C=N–C) groups is 1. The normalized spacial score (nSPS) is 11.0. The Labute approximate surface area is 161 Å². The maximum Gasteiger partial charge on any atom is 0.257 e. The summed E-state index contributed by atoms with van der Waals surface area (Å²) in [5, 5.41) is 9.29. The van der Waals surface area contributed by atoms with Gasteiger partial charge >= 0.3 is 0 Å². The average molecular weight is 368 g/mol. The third-order valence-electron chi connectivity index (χ3n) is 3.71. The Hall–Kier alpha value is -3.02. The molecule has 27 heavy (non-hydrogen) atoms. The van der Waals surface area contributed by atoms with Crippen LogP contribution in [0.4, 0.5) is 0 Å². The number of carbonyl (C=O) groups is 1. The second kappa shape index (κ2) is 11.6. The van der Waals surface area contributed by atoms with Gasteiger partial charge in [-0.2, -0.15) is 0 Å². The predicted molar refractivity (Wildman–Crippen MR) is 109 cm³/mol. The lowest BCUT2D eigenvalue weighted by Gasteiger charge is -2.12. The number of hydrogen-bond acceptors (Lipinski definition) is 3. The van der Waals surface area contributed by atoms with Gasteiger partial charge in [0, 0.05) is 19.6 Å². The van der Waals surface area contributed by atoms with E-state index in [4.69, 9.17) is 4.74 Å². The number of nitrogens with zero attached hydrogens (tertiary/aromatic N) is 1. The van der Waals surface area contributed by atoms with E-state index < -0.39 is 0 Å². The first-order valence-corrected chi connectivity index (χ1v) is 9.25. The molecule has 144 valence electrons. The van der Waals surface area contributed by atoms with Crippen molar-refractivity contribution < 1.29 is 9.53 Å². The van der Waals surface area contributed by atoms with Gasteiger partial charge in [-0.1, -0.05) is 42.5 Å². The van der Waals surface area contributed by atoms with Crippen molar-refractivity contribution in [1.29, 1.82) is 0 Å². The van der Waals surface area contributed by atoms with Gasteiger partial charge < -0.3 is 20.7 Å². The monoisotopic (exact) mass is 368 g/mol. The summed E-state index contributed by atoms with van der Waals surface area (Å²) in [5.74, 6) is 1.30. The molecule has 3 N–H and O–H groups in total. The fourth-order valence-electron chi connectivity index (χ4n) is 2.42. The van der Waals surface area contributed by atoms with Gasteiger partial charge in [-0.25, -0.2) is 4.99 Å². The van der Waals surface area contributed by atoms with Gasteiger partial charge in [0.1, 0.15) is 5.75 Å². The van der Waals surface area contributed by atoms with Crippen LogP contribution in [-0.2, 0) is 17.9 Å². The number of ether oxygens (including phenoxy) is 1.